The summed E-state index contributed by atoms with van der Waals surface area (Å²) in [6.45, 7) is 4.39. The zero-order valence-electron chi connectivity index (χ0n) is 19.2. The third-order valence-electron chi connectivity index (χ3n) is 6.16. The Balaban J connectivity index is 0.000000540. The van der Waals surface area contributed by atoms with Crippen LogP contribution in [0.3, 0.4) is 0 Å². The Morgan fingerprint density at radius 3 is 1.97 bits per heavy atom. The van der Waals surface area contributed by atoms with Crippen molar-refractivity contribution in [3.63, 3.8) is 0 Å². The molecule has 0 aromatic heterocycles. The summed E-state index contributed by atoms with van der Waals surface area (Å²) in [7, 11) is 0. The monoisotopic (exact) mass is 502 g/mol. The van der Waals surface area contributed by atoms with Crippen LogP contribution in [0.25, 0.3) is 0 Å². The number of anilines is 2. The number of benzene rings is 1. The van der Waals surface area contributed by atoms with Crippen LogP contribution in [0, 0.1) is 0 Å². The van der Waals surface area contributed by atoms with Crippen molar-refractivity contribution in [2.45, 2.75) is 50.7 Å². The molecule has 0 atom stereocenters. The molecule has 3 rings (SSSR count). The van der Waals surface area contributed by atoms with Gasteiger partial charge in [0.2, 0.25) is 11.8 Å². The molecule has 0 spiro atoms. The predicted octanol–water partition coefficient (Wildman–Crippen LogP) is 2.29. The van der Waals surface area contributed by atoms with Crippen LogP contribution in [0.4, 0.5) is 24.5 Å². The van der Waals surface area contributed by atoms with E-state index >= 15 is 0 Å². The van der Waals surface area contributed by atoms with Gasteiger partial charge >= 0.3 is 18.1 Å². The lowest BCUT2D eigenvalue weighted by atomic mass is 9.83. The maximum absolute atomic E-state index is 12.4. The topological polar surface area (TPSA) is 153 Å². The Morgan fingerprint density at radius 2 is 1.54 bits per heavy atom. The van der Waals surface area contributed by atoms with Gasteiger partial charge in [0, 0.05) is 25.7 Å². The van der Waals surface area contributed by atoms with Crippen LogP contribution >= 0.6 is 0 Å². The fraction of sp³-hybridized carbons (Fsp3) is 0.545. The van der Waals surface area contributed by atoms with Gasteiger partial charge in [0.05, 0.1) is 11.3 Å². The maximum Gasteiger partial charge on any atom is 0.490 e. The lowest BCUT2D eigenvalue weighted by Crippen LogP contribution is -2.63. The minimum Gasteiger partial charge on any atom is -0.478 e. The Kier molecular flexibility index (Phi) is 9.07. The fourth-order valence-corrected chi connectivity index (χ4v) is 4.38. The number of hydrogen-bond donors (Lipinski definition) is 4. The SMILES string of the molecule is CC(=O)Nc1ccc(N2CCC(C(N)=O)(N3CCCCC3)CC2)cc1C(=O)O.O=C(O)C(F)(F)F. The number of aliphatic carboxylic acids is 1. The number of nitrogens with one attached hydrogen (secondary N) is 1. The predicted molar refractivity (Wildman–Crippen MR) is 120 cm³/mol. The van der Waals surface area contributed by atoms with E-state index in [1.165, 1.54) is 13.3 Å². The molecule has 35 heavy (non-hydrogen) atoms. The summed E-state index contributed by atoms with van der Waals surface area (Å²) in [6.07, 6.45) is -0.469. The summed E-state index contributed by atoms with van der Waals surface area (Å²) < 4.78 is 31.7. The molecule has 194 valence electrons. The van der Waals surface area contributed by atoms with Gasteiger partial charge in [-0.15, -0.1) is 0 Å². The number of hydrogen-bond acceptors (Lipinski definition) is 6. The van der Waals surface area contributed by atoms with Crippen LogP contribution in [0.5, 0.6) is 0 Å². The number of carboxylic acids is 2. The van der Waals surface area contributed by atoms with E-state index in [-0.39, 0.29) is 23.1 Å². The number of nitrogens with zero attached hydrogens (tertiary/aromatic N) is 2. The zero-order chi connectivity index (χ0) is 26.4. The number of alkyl halides is 3. The molecule has 0 bridgehead atoms. The van der Waals surface area contributed by atoms with E-state index < -0.39 is 23.7 Å². The highest BCUT2D eigenvalue weighted by atomic mass is 19.4. The number of carbonyl (C=O) groups excluding carboxylic acids is 2. The van der Waals surface area contributed by atoms with Crippen molar-refractivity contribution in [3.05, 3.63) is 23.8 Å². The van der Waals surface area contributed by atoms with E-state index in [0.29, 0.717) is 25.9 Å². The zero-order valence-corrected chi connectivity index (χ0v) is 19.2. The molecule has 0 aliphatic carbocycles. The minimum atomic E-state index is -5.08. The van der Waals surface area contributed by atoms with Gasteiger partial charge in [-0.25, -0.2) is 9.59 Å². The second-order valence-electron chi connectivity index (χ2n) is 8.45. The second kappa shape index (κ2) is 11.4. The van der Waals surface area contributed by atoms with Crippen molar-refractivity contribution >= 4 is 35.1 Å². The highest BCUT2D eigenvalue weighted by molar-refractivity contribution is 6.00. The van der Waals surface area contributed by atoms with Gasteiger partial charge in [0.25, 0.3) is 0 Å². The van der Waals surface area contributed by atoms with Gasteiger partial charge in [-0.1, -0.05) is 6.42 Å². The van der Waals surface area contributed by atoms with Crippen LogP contribution < -0.4 is 16.0 Å². The van der Waals surface area contributed by atoms with Gasteiger partial charge < -0.3 is 26.2 Å². The average Bonchev–Trinajstić information content (AvgIpc) is 2.79. The highest BCUT2D eigenvalue weighted by Crippen LogP contribution is 2.34. The van der Waals surface area contributed by atoms with Crippen LogP contribution in [0.15, 0.2) is 18.2 Å². The highest BCUT2D eigenvalue weighted by Gasteiger charge is 2.45. The summed E-state index contributed by atoms with van der Waals surface area (Å²) in [5, 5.41) is 19.2. The smallest absolute Gasteiger partial charge is 0.478 e. The third-order valence-corrected chi connectivity index (χ3v) is 6.16. The summed E-state index contributed by atoms with van der Waals surface area (Å²) in [6, 6.07) is 4.99. The number of piperidine rings is 2. The van der Waals surface area contributed by atoms with E-state index in [0.717, 1.165) is 31.6 Å². The van der Waals surface area contributed by atoms with Crippen molar-refractivity contribution in [2.24, 2.45) is 5.73 Å². The molecule has 2 heterocycles. The Hall–Kier alpha value is -3.35. The molecule has 13 heteroatoms. The lowest BCUT2D eigenvalue weighted by molar-refractivity contribution is -0.192. The van der Waals surface area contributed by atoms with Crippen molar-refractivity contribution in [1.82, 2.24) is 4.90 Å². The number of likely N-dealkylation sites (tertiary alicyclic amines) is 1. The number of rotatable bonds is 5. The molecule has 1 aromatic rings. The molecule has 0 saturated carbocycles. The number of halogens is 3. The number of carboxylic acid groups (broad SMARTS) is 2. The molecule has 2 fully saturated rings. The number of primary amides is 1. The standard InChI is InChI=1S/C20H28N4O4.C2HF3O2/c1-14(25)22-17-6-5-15(13-16(17)18(26)27)23-11-7-20(8-12-23,19(21)28)24-9-3-2-4-10-24;3-2(4,5)1(6)7/h5-6,13H,2-4,7-12H2,1H3,(H2,21,28)(H,22,25)(H,26,27);(H,6,7). The van der Waals surface area contributed by atoms with Crippen LogP contribution in [-0.2, 0) is 14.4 Å². The molecule has 0 unspecified atom stereocenters. The van der Waals surface area contributed by atoms with Gasteiger partial charge in [0.15, 0.2) is 0 Å². The van der Waals surface area contributed by atoms with Crippen LogP contribution in [-0.4, -0.2) is 76.8 Å². The maximum atomic E-state index is 12.4. The number of amides is 2. The van der Waals surface area contributed by atoms with E-state index in [1.807, 2.05) is 0 Å². The molecular formula is C22H29F3N4O6. The van der Waals surface area contributed by atoms with Crippen LogP contribution in [0.1, 0.15) is 49.4 Å². The first-order valence-electron chi connectivity index (χ1n) is 11.0. The van der Waals surface area contributed by atoms with E-state index in [4.69, 9.17) is 15.6 Å². The molecule has 1 aromatic carbocycles. The summed E-state index contributed by atoms with van der Waals surface area (Å²) in [4.78, 5) is 48.5. The molecular weight excluding hydrogens is 473 g/mol. The van der Waals surface area contributed by atoms with E-state index in [2.05, 4.69) is 15.1 Å². The Morgan fingerprint density at radius 1 is 1.00 bits per heavy atom. The molecule has 2 aliphatic rings. The average molecular weight is 502 g/mol. The number of aromatic carboxylic acids is 1. The Bertz CT molecular complexity index is 955. The van der Waals surface area contributed by atoms with Gasteiger partial charge in [0.1, 0.15) is 5.54 Å². The molecule has 5 N–H and O–H groups in total. The van der Waals surface area contributed by atoms with Crippen LogP contribution in [0.2, 0.25) is 0 Å². The number of nitrogens with two attached hydrogens (primary N) is 1. The van der Waals surface area contributed by atoms with Crippen molar-refractivity contribution < 1.29 is 42.6 Å². The summed E-state index contributed by atoms with van der Waals surface area (Å²) in [5.41, 5.74) is 6.32. The van der Waals surface area contributed by atoms with E-state index in [1.54, 1.807) is 18.2 Å². The summed E-state index contributed by atoms with van der Waals surface area (Å²) >= 11 is 0. The molecule has 2 saturated heterocycles. The first kappa shape index (κ1) is 27.9. The first-order chi connectivity index (χ1) is 16.3. The molecule has 0 radical (unpaired) electrons. The van der Waals surface area contributed by atoms with Crippen molar-refractivity contribution in [3.8, 4) is 0 Å². The molecule has 10 nitrogen and oxygen atoms in total. The normalized spacial score (nSPS) is 18.1. The van der Waals surface area contributed by atoms with Gasteiger partial charge in [-0.2, -0.15) is 13.2 Å². The third kappa shape index (κ3) is 7.07. The van der Waals surface area contributed by atoms with Gasteiger partial charge in [-0.05, 0) is 57.0 Å². The molecule has 2 amide bonds. The second-order valence-corrected chi connectivity index (χ2v) is 8.45. The van der Waals surface area contributed by atoms with Gasteiger partial charge in [-0.3, -0.25) is 14.5 Å². The first-order valence-corrected chi connectivity index (χ1v) is 11.0. The minimum absolute atomic E-state index is 0.0514. The quantitative estimate of drug-likeness (QED) is 0.478. The largest absolute Gasteiger partial charge is 0.490 e. The number of carbonyl (C=O) groups is 4. The Labute approximate surface area is 199 Å². The van der Waals surface area contributed by atoms with Crippen molar-refractivity contribution in [2.75, 3.05) is 36.4 Å². The lowest BCUT2D eigenvalue weighted by Gasteiger charge is -2.48. The summed E-state index contributed by atoms with van der Waals surface area (Å²) in [5.74, 6) is -4.43. The van der Waals surface area contributed by atoms with Crippen molar-refractivity contribution in [1.29, 1.82) is 0 Å². The fourth-order valence-electron chi connectivity index (χ4n) is 4.38. The molecule has 2 aliphatic heterocycles. The van der Waals surface area contributed by atoms with E-state index in [9.17, 15) is 32.7 Å².